The Morgan fingerprint density at radius 3 is 2.75 bits per heavy atom. The molecule has 0 radical (unpaired) electrons. The third-order valence-corrected chi connectivity index (χ3v) is 5.27. The minimum atomic E-state index is -3.59. The minimum Gasteiger partial charge on any atom is -0.384 e. The molecule has 5 nitrogen and oxygen atoms in total. The standard InChI is InChI=1S/C13H17N3O2S2/c1-2-4-11(12-5-3-8-19-12)16-20(17,18)10-6-7-13(14)15-9-10/h3,5-9,11,16H,2,4H2,1H3,(H2,14,15). The van der Waals surface area contributed by atoms with Gasteiger partial charge in [0.05, 0.1) is 6.04 Å². The number of hydrogen-bond acceptors (Lipinski definition) is 5. The normalized spacial score (nSPS) is 13.2. The summed E-state index contributed by atoms with van der Waals surface area (Å²) >= 11 is 1.55. The van der Waals surface area contributed by atoms with E-state index in [4.69, 9.17) is 5.73 Å². The van der Waals surface area contributed by atoms with Crippen molar-refractivity contribution in [2.75, 3.05) is 5.73 Å². The van der Waals surface area contributed by atoms with Gasteiger partial charge in [0, 0.05) is 11.1 Å². The van der Waals surface area contributed by atoms with E-state index >= 15 is 0 Å². The Labute approximate surface area is 122 Å². The van der Waals surface area contributed by atoms with E-state index < -0.39 is 10.0 Å². The predicted octanol–water partition coefficient (Wildman–Crippen LogP) is 2.55. The number of pyridine rings is 1. The second-order valence-corrected chi connectivity index (χ2v) is 7.09. The zero-order valence-corrected chi connectivity index (χ0v) is 12.7. The number of thiophene rings is 1. The lowest BCUT2D eigenvalue weighted by Gasteiger charge is -2.16. The summed E-state index contributed by atoms with van der Waals surface area (Å²) in [6.07, 6.45) is 2.92. The molecule has 20 heavy (non-hydrogen) atoms. The number of sulfonamides is 1. The smallest absolute Gasteiger partial charge is 0.242 e. The lowest BCUT2D eigenvalue weighted by molar-refractivity contribution is 0.540. The number of nitrogen functional groups attached to an aromatic ring is 1. The number of nitrogens with one attached hydrogen (secondary N) is 1. The van der Waals surface area contributed by atoms with Gasteiger partial charge in [0.1, 0.15) is 10.7 Å². The topological polar surface area (TPSA) is 85.1 Å². The maximum atomic E-state index is 12.3. The van der Waals surface area contributed by atoms with E-state index in [-0.39, 0.29) is 10.9 Å². The maximum absolute atomic E-state index is 12.3. The van der Waals surface area contributed by atoms with Crippen LogP contribution in [0.5, 0.6) is 0 Å². The Hall–Kier alpha value is -1.44. The van der Waals surface area contributed by atoms with Crippen molar-refractivity contribution >= 4 is 27.2 Å². The second kappa shape index (κ2) is 6.34. The van der Waals surface area contributed by atoms with Crippen molar-refractivity contribution in [3.8, 4) is 0 Å². The van der Waals surface area contributed by atoms with Crippen LogP contribution in [-0.2, 0) is 10.0 Å². The average molecular weight is 311 g/mol. The van der Waals surface area contributed by atoms with Gasteiger partial charge < -0.3 is 5.73 Å². The van der Waals surface area contributed by atoms with Crippen molar-refractivity contribution in [1.29, 1.82) is 0 Å². The van der Waals surface area contributed by atoms with Crippen LogP contribution in [0.2, 0.25) is 0 Å². The quantitative estimate of drug-likeness (QED) is 0.858. The van der Waals surface area contributed by atoms with Gasteiger partial charge in [0.2, 0.25) is 10.0 Å². The van der Waals surface area contributed by atoms with Crippen LogP contribution in [-0.4, -0.2) is 13.4 Å². The van der Waals surface area contributed by atoms with E-state index in [1.165, 1.54) is 18.3 Å². The zero-order chi connectivity index (χ0) is 14.6. The number of hydrogen-bond donors (Lipinski definition) is 2. The van der Waals surface area contributed by atoms with E-state index in [1.807, 2.05) is 24.4 Å². The molecule has 2 heterocycles. The van der Waals surface area contributed by atoms with Crippen molar-refractivity contribution < 1.29 is 8.42 Å². The lowest BCUT2D eigenvalue weighted by atomic mass is 10.1. The summed E-state index contributed by atoms with van der Waals surface area (Å²) in [5.41, 5.74) is 5.47. The number of rotatable bonds is 6. The minimum absolute atomic E-state index is 0.129. The van der Waals surface area contributed by atoms with Gasteiger partial charge in [-0.3, -0.25) is 0 Å². The molecular weight excluding hydrogens is 294 g/mol. The fourth-order valence-electron chi connectivity index (χ4n) is 1.84. The third-order valence-electron chi connectivity index (χ3n) is 2.83. The average Bonchev–Trinajstić information content (AvgIpc) is 2.92. The SMILES string of the molecule is CCCC(NS(=O)(=O)c1ccc(N)nc1)c1cccs1. The fraction of sp³-hybridized carbons (Fsp3) is 0.308. The van der Waals surface area contributed by atoms with Crippen molar-refractivity contribution in [2.24, 2.45) is 0 Å². The number of nitrogens with two attached hydrogens (primary N) is 1. The molecule has 0 fully saturated rings. The van der Waals surface area contributed by atoms with Crippen LogP contribution >= 0.6 is 11.3 Å². The summed E-state index contributed by atoms with van der Waals surface area (Å²) < 4.78 is 27.4. The summed E-state index contributed by atoms with van der Waals surface area (Å²) in [5.74, 6) is 0.298. The highest BCUT2D eigenvalue weighted by Crippen LogP contribution is 2.25. The molecule has 1 unspecified atom stereocenters. The molecule has 0 aliphatic heterocycles. The molecule has 2 rings (SSSR count). The Bertz CT molecular complexity index is 637. The van der Waals surface area contributed by atoms with Gasteiger partial charge in [-0.05, 0) is 30.0 Å². The van der Waals surface area contributed by atoms with Crippen molar-refractivity contribution in [3.05, 3.63) is 40.7 Å². The number of nitrogens with zero attached hydrogens (tertiary/aromatic N) is 1. The molecular formula is C13H17N3O2S2. The molecule has 2 aromatic heterocycles. The van der Waals surface area contributed by atoms with E-state index in [1.54, 1.807) is 11.3 Å². The third kappa shape index (κ3) is 3.56. The second-order valence-electron chi connectivity index (χ2n) is 4.40. The molecule has 0 spiro atoms. The van der Waals surface area contributed by atoms with Crippen LogP contribution in [0.1, 0.15) is 30.7 Å². The van der Waals surface area contributed by atoms with Gasteiger partial charge >= 0.3 is 0 Å². The van der Waals surface area contributed by atoms with E-state index in [0.717, 1.165) is 17.7 Å². The predicted molar refractivity (Wildman–Crippen MR) is 80.9 cm³/mol. The van der Waals surface area contributed by atoms with Crippen LogP contribution in [0.3, 0.4) is 0 Å². The fourth-order valence-corrected chi connectivity index (χ4v) is 3.92. The summed E-state index contributed by atoms with van der Waals surface area (Å²) in [7, 11) is -3.59. The zero-order valence-electron chi connectivity index (χ0n) is 11.1. The molecule has 0 saturated carbocycles. The highest BCUT2D eigenvalue weighted by atomic mass is 32.2. The van der Waals surface area contributed by atoms with E-state index in [0.29, 0.717) is 5.82 Å². The number of aromatic nitrogens is 1. The van der Waals surface area contributed by atoms with Crippen LogP contribution < -0.4 is 10.5 Å². The van der Waals surface area contributed by atoms with Crippen LogP contribution in [0, 0.1) is 0 Å². The van der Waals surface area contributed by atoms with Crippen LogP contribution in [0.25, 0.3) is 0 Å². The van der Waals surface area contributed by atoms with Crippen molar-refractivity contribution in [1.82, 2.24) is 9.71 Å². The molecule has 3 N–H and O–H groups in total. The molecule has 1 atom stereocenters. The first-order valence-corrected chi connectivity index (χ1v) is 8.66. The van der Waals surface area contributed by atoms with Gasteiger partial charge in [0.15, 0.2) is 0 Å². The Morgan fingerprint density at radius 2 is 2.20 bits per heavy atom. The maximum Gasteiger partial charge on any atom is 0.242 e. The molecule has 0 amide bonds. The highest BCUT2D eigenvalue weighted by Gasteiger charge is 2.21. The van der Waals surface area contributed by atoms with E-state index in [2.05, 4.69) is 9.71 Å². The molecule has 0 aliphatic rings. The highest BCUT2D eigenvalue weighted by molar-refractivity contribution is 7.89. The monoisotopic (exact) mass is 311 g/mol. The summed E-state index contributed by atoms with van der Waals surface area (Å²) in [5, 5.41) is 1.94. The lowest BCUT2D eigenvalue weighted by Crippen LogP contribution is -2.28. The van der Waals surface area contributed by atoms with Gasteiger partial charge in [0.25, 0.3) is 0 Å². The van der Waals surface area contributed by atoms with Gasteiger partial charge in [-0.1, -0.05) is 19.4 Å². The molecule has 7 heteroatoms. The van der Waals surface area contributed by atoms with Gasteiger partial charge in [-0.25, -0.2) is 18.1 Å². The molecule has 0 saturated heterocycles. The van der Waals surface area contributed by atoms with Crippen molar-refractivity contribution in [3.63, 3.8) is 0 Å². The van der Waals surface area contributed by atoms with Gasteiger partial charge in [-0.15, -0.1) is 11.3 Å². The molecule has 0 bridgehead atoms. The summed E-state index contributed by atoms with van der Waals surface area (Å²) in [6, 6.07) is 6.59. The molecule has 108 valence electrons. The largest absolute Gasteiger partial charge is 0.384 e. The summed E-state index contributed by atoms with van der Waals surface area (Å²) in [4.78, 5) is 4.96. The number of anilines is 1. The van der Waals surface area contributed by atoms with Crippen LogP contribution in [0.4, 0.5) is 5.82 Å². The Kier molecular flexibility index (Phi) is 4.74. The first-order chi connectivity index (χ1) is 9.53. The molecule has 0 aliphatic carbocycles. The first kappa shape index (κ1) is 15.0. The van der Waals surface area contributed by atoms with Crippen LogP contribution in [0.15, 0.2) is 40.7 Å². The Morgan fingerprint density at radius 1 is 1.40 bits per heavy atom. The molecule has 0 aromatic carbocycles. The summed E-state index contributed by atoms with van der Waals surface area (Å²) in [6.45, 7) is 2.03. The van der Waals surface area contributed by atoms with Gasteiger partial charge in [-0.2, -0.15) is 0 Å². The Balaban J connectivity index is 2.23. The van der Waals surface area contributed by atoms with E-state index in [9.17, 15) is 8.42 Å². The van der Waals surface area contributed by atoms with Crippen molar-refractivity contribution in [2.45, 2.75) is 30.7 Å². The first-order valence-electron chi connectivity index (χ1n) is 6.30. The molecule has 2 aromatic rings.